The van der Waals surface area contributed by atoms with Gasteiger partial charge in [0.15, 0.2) is 5.84 Å². The fourth-order valence-electron chi connectivity index (χ4n) is 3.03. The summed E-state index contributed by atoms with van der Waals surface area (Å²) < 4.78 is 5.70. The molecule has 0 atom stereocenters. The topological polar surface area (TPSA) is 46.0 Å². The van der Waals surface area contributed by atoms with Gasteiger partial charge in [-0.3, -0.25) is 5.43 Å². The number of aryl methyl sites for hydroxylation is 1. The first-order valence-corrected chi connectivity index (χ1v) is 9.06. The van der Waals surface area contributed by atoms with Gasteiger partial charge in [-0.2, -0.15) is 5.10 Å². The zero-order chi connectivity index (χ0) is 18.6. The van der Waals surface area contributed by atoms with Gasteiger partial charge >= 0.3 is 0 Å². The van der Waals surface area contributed by atoms with Crippen LogP contribution in [0.25, 0.3) is 0 Å². The Labute approximate surface area is 159 Å². The zero-order valence-corrected chi connectivity index (χ0v) is 15.4. The number of rotatable bonds is 4. The predicted octanol–water partition coefficient (Wildman–Crippen LogP) is 4.83. The number of hydrogen-bond donors (Lipinski definition) is 1. The largest absolute Gasteiger partial charge is 0.494 e. The van der Waals surface area contributed by atoms with E-state index in [1.807, 2.05) is 55.5 Å². The number of ether oxygens (including phenoxy) is 1. The smallest absolute Gasteiger partial charge is 0.154 e. The van der Waals surface area contributed by atoms with Crippen molar-refractivity contribution in [2.45, 2.75) is 13.8 Å². The molecule has 1 aliphatic heterocycles. The lowest BCUT2D eigenvalue weighted by molar-refractivity contribution is 0.340. The zero-order valence-electron chi connectivity index (χ0n) is 15.4. The Balaban J connectivity index is 1.86. The highest BCUT2D eigenvalue weighted by Gasteiger charge is 2.18. The summed E-state index contributed by atoms with van der Waals surface area (Å²) in [7, 11) is 0. The van der Waals surface area contributed by atoms with E-state index >= 15 is 0 Å². The van der Waals surface area contributed by atoms with E-state index in [1.165, 1.54) is 5.56 Å². The average molecular weight is 355 g/mol. The van der Waals surface area contributed by atoms with E-state index in [2.05, 4.69) is 36.6 Å². The maximum atomic E-state index is 5.70. The normalized spacial score (nSPS) is 13.0. The molecular weight excluding hydrogens is 334 g/mol. The Morgan fingerprint density at radius 2 is 1.67 bits per heavy atom. The van der Waals surface area contributed by atoms with E-state index in [4.69, 9.17) is 14.8 Å². The number of hydrogen-bond acceptors (Lipinski definition) is 4. The lowest BCUT2D eigenvalue weighted by atomic mass is 9.99. The molecule has 3 aromatic rings. The molecule has 4 heteroatoms. The third kappa shape index (κ3) is 3.60. The van der Waals surface area contributed by atoms with Gasteiger partial charge in [0.2, 0.25) is 0 Å². The Kier molecular flexibility index (Phi) is 4.71. The van der Waals surface area contributed by atoms with Gasteiger partial charge in [-0.1, -0.05) is 60.2 Å². The molecule has 1 heterocycles. The number of aliphatic imine (C=N–C) groups is 1. The van der Waals surface area contributed by atoms with Gasteiger partial charge in [-0.15, -0.1) is 0 Å². The summed E-state index contributed by atoms with van der Waals surface area (Å²) in [6.07, 6.45) is 0. The van der Waals surface area contributed by atoms with Gasteiger partial charge in [0.25, 0.3) is 0 Å². The predicted molar refractivity (Wildman–Crippen MR) is 110 cm³/mol. The minimum Gasteiger partial charge on any atom is -0.494 e. The summed E-state index contributed by atoms with van der Waals surface area (Å²) in [6.45, 7) is 4.68. The van der Waals surface area contributed by atoms with E-state index in [9.17, 15) is 0 Å². The minimum absolute atomic E-state index is 0.618. The highest BCUT2D eigenvalue weighted by atomic mass is 16.5. The molecule has 0 unspecified atom stereocenters. The quantitative estimate of drug-likeness (QED) is 0.729. The van der Waals surface area contributed by atoms with E-state index in [0.29, 0.717) is 6.61 Å². The van der Waals surface area contributed by atoms with Crippen molar-refractivity contribution in [3.8, 4) is 5.75 Å². The SMILES string of the molecule is CCOc1ccc2c(c1)C(c1ccc(C)cc1)=NNC(c1ccccc1)=N2. The van der Waals surface area contributed by atoms with Gasteiger partial charge in [0.1, 0.15) is 11.5 Å². The number of amidine groups is 1. The van der Waals surface area contributed by atoms with Crippen molar-refractivity contribution in [3.05, 3.63) is 95.1 Å². The van der Waals surface area contributed by atoms with Crippen LogP contribution in [0.2, 0.25) is 0 Å². The monoisotopic (exact) mass is 355 g/mol. The van der Waals surface area contributed by atoms with Crippen LogP contribution in [-0.4, -0.2) is 18.2 Å². The van der Waals surface area contributed by atoms with Crippen LogP contribution in [-0.2, 0) is 0 Å². The first kappa shape index (κ1) is 17.0. The number of benzene rings is 3. The Morgan fingerprint density at radius 3 is 2.41 bits per heavy atom. The fraction of sp³-hybridized carbons (Fsp3) is 0.130. The molecule has 0 aromatic heterocycles. The minimum atomic E-state index is 0.618. The molecule has 0 fully saturated rings. The number of nitrogens with zero attached hydrogens (tertiary/aromatic N) is 2. The Morgan fingerprint density at radius 1 is 0.889 bits per heavy atom. The molecule has 0 saturated carbocycles. The summed E-state index contributed by atoms with van der Waals surface area (Å²) in [4.78, 5) is 4.84. The number of hydrazone groups is 1. The second kappa shape index (κ2) is 7.46. The van der Waals surface area contributed by atoms with Crippen LogP contribution >= 0.6 is 0 Å². The van der Waals surface area contributed by atoms with Crippen LogP contribution in [0.4, 0.5) is 5.69 Å². The van der Waals surface area contributed by atoms with Crippen molar-refractivity contribution in [1.82, 2.24) is 5.43 Å². The highest BCUT2D eigenvalue weighted by Crippen LogP contribution is 2.29. The van der Waals surface area contributed by atoms with Gasteiger partial charge < -0.3 is 4.74 Å². The van der Waals surface area contributed by atoms with Crippen molar-refractivity contribution in [3.63, 3.8) is 0 Å². The third-order valence-corrected chi connectivity index (χ3v) is 4.41. The molecule has 0 spiro atoms. The van der Waals surface area contributed by atoms with Gasteiger partial charge in [0, 0.05) is 16.7 Å². The first-order chi connectivity index (χ1) is 13.2. The fourth-order valence-corrected chi connectivity index (χ4v) is 3.03. The molecule has 0 aliphatic carbocycles. The molecule has 3 aromatic carbocycles. The molecule has 0 saturated heterocycles. The number of fused-ring (bicyclic) bond motifs is 1. The van der Waals surface area contributed by atoms with Crippen molar-refractivity contribution in [2.24, 2.45) is 10.1 Å². The van der Waals surface area contributed by atoms with Crippen molar-refractivity contribution in [2.75, 3.05) is 6.61 Å². The maximum Gasteiger partial charge on any atom is 0.154 e. The average Bonchev–Trinajstić information content (AvgIpc) is 2.89. The van der Waals surface area contributed by atoms with Gasteiger partial charge in [-0.05, 0) is 32.0 Å². The molecule has 4 rings (SSSR count). The highest BCUT2D eigenvalue weighted by molar-refractivity contribution is 6.18. The Bertz CT molecular complexity index is 1010. The van der Waals surface area contributed by atoms with Crippen LogP contribution in [0.5, 0.6) is 5.75 Å². The van der Waals surface area contributed by atoms with Crippen molar-refractivity contribution in [1.29, 1.82) is 0 Å². The van der Waals surface area contributed by atoms with E-state index < -0.39 is 0 Å². The summed E-state index contributed by atoms with van der Waals surface area (Å²) in [5.74, 6) is 1.54. The van der Waals surface area contributed by atoms with E-state index in [0.717, 1.165) is 39.7 Å². The van der Waals surface area contributed by atoms with Crippen LogP contribution in [0.3, 0.4) is 0 Å². The Hall–Kier alpha value is -3.40. The van der Waals surface area contributed by atoms with Crippen LogP contribution in [0.1, 0.15) is 29.2 Å². The summed E-state index contributed by atoms with van der Waals surface area (Å²) in [6, 6.07) is 24.3. The van der Waals surface area contributed by atoms with Crippen molar-refractivity contribution < 1.29 is 4.74 Å². The molecule has 134 valence electrons. The number of nitrogens with one attached hydrogen (secondary N) is 1. The molecule has 1 aliphatic rings. The maximum absolute atomic E-state index is 5.70. The summed E-state index contributed by atoms with van der Waals surface area (Å²) in [5, 5.41) is 4.70. The summed E-state index contributed by atoms with van der Waals surface area (Å²) >= 11 is 0. The van der Waals surface area contributed by atoms with Crippen molar-refractivity contribution >= 4 is 17.2 Å². The van der Waals surface area contributed by atoms with Crippen LogP contribution < -0.4 is 10.2 Å². The summed E-state index contributed by atoms with van der Waals surface area (Å²) in [5.41, 5.74) is 9.06. The first-order valence-electron chi connectivity index (χ1n) is 9.06. The second-order valence-electron chi connectivity index (χ2n) is 6.38. The molecule has 0 bridgehead atoms. The third-order valence-electron chi connectivity index (χ3n) is 4.41. The molecular formula is C23H21N3O. The lowest BCUT2D eigenvalue weighted by Crippen LogP contribution is -2.19. The van der Waals surface area contributed by atoms with Crippen LogP contribution in [0.15, 0.2) is 82.9 Å². The van der Waals surface area contributed by atoms with Gasteiger partial charge in [-0.25, -0.2) is 4.99 Å². The standard InChI is InChI=1S/C23H21N3O/c1-3-27-19-13-14-21-20(15-19)22(17-11-9-16(2)10-12-17)25-26-23(24-21)18-7-5-4-6-8-18/h4-15H,3H2,1-2H3,(H,24,26). The van der Waals surface area contributed by atoms with Crippen LogP contribution in [0, 0.1) is 6.92 Å². The van der Waals surface area contributed by atoms with E-state index in [1.54, 1.807) is 0 Å². The molecule has 27 heavy (non-hydrogen) atoms. The molecule has 4 nitrogen and oxygen atoms in total. The molecule has 0 amide bonds. The van der Waals surface area contributed by atoms with Gasteiger partial charge in [0.05, 0.1) is 12.3 Å². The molecule has 0 radical (unpaired) electrons. The lowest BCUT2D eigenvalue weighted by Gasteiger charge is -2.10. The molecule has 1 N–H and O–H groups in total. The van der Waals surface area contributed by atoms with E-state index in [-0.39, 0.29) is 0 Å². The second-order valence-corrected chi connectivity index (χ2v) is 6.38.